The summed E-state index contributed by atoms with van der Waals surface area (Å²) >= 11 is 1.69. The fourth-order valence-corrected chi connectivity index (χ4v) is 2.78. The van der Waals surface area contributed by atoms with E-state index in [4.69, 9.17) is 9.47 Å². The molecule has 0 saturated carbocycles. The monoisotopic (exact) mass is 303 g/mol. The number of ether oxygens (including phenoxy) is 2. The number of thioether (sulfide) groups is 1. The maximum atomic E-state index is 5.35. The lowest BCUT2D eigenvalue weighted by Gasteiger charge is -2.13. The molecule has 0 spiro atoms. The summed E-state index contributed by atoms with van der Waals surface area (Å²) in [6.07, 6.45) is 2.06. The second kappa shape index (κ2) is 7.96. The number of anilines is 1. The Balaban J connectivity index is 2.09. The van der Waals surface area contributed by atoms with Crippen LogP contribution in [0.4, 0.5) is 5.69 Å². The van der Waals surface area contributed by atoms with Crippen molar-refractivity contribution in [3.05, 3.63) is 53.6 Å². The first-order chi connectivity index (χ1) is 10.3. The van der Waals surface area contributed by atoms with E-state index in [9.17, 15) is 0 Å². The lowest BCUT2D eigenvalue weighted by atomic mass is 10.1. The number of methoxy groups -OCH3 is 2. The van der Waals surface area contributed by atoms with E-state index in [-0.39, 0.29) is 0 Å². The molecular weight excluding hydrogens is 282 g/mol. The van der Waals surface area contributed by atoms with Gasteiger partial charge >= 0.3 is 0 Å². The van der Waals surface area contributed by atoms with E-state index in [1.54, 1.807) is 26.0 Å². The van der Waals surface area contributed by atoms with Crippen molar-refractivity contribution in [1.29, 1.82) is 0 Å². The first kappa shape index (κ1) is 15.7. The van der Waals surface area contributed by atoms with Crippen LogP contribution in [0.15, 0.2) is 47.4 Å². The molecular formula is C17H21NO2S. The summed E-state index contributed by atoms with van der Waals surface area (Å²) in [4.78, 5) is 1.15. The first-order valence-electron chi connectivity index (χ1n) is 6.80. The molecule has 3 nitrogen and oxygen atoms in total. The van der Waals surface area contributed by atoms with Crippen LogP contribution in [0.3, 0.4) is 0 Å². The molecule has 0 atom stereocenters. The number of rotatable bonds is 7. The molecule has 0 aliphatic carbocycles. The van der Waals surface area contributed by atoms with Crippen molar-refractivity contribution in [2.24, 2.45) is 0 Å². The second-order valence-corrected chi connectivity index (χ2v) is 5.48. The highest BCUT2D eigenvalue weighted by atomic mass is 32.2. The van der Waals surface area contributed by atoms with Gasteiger partial charge in [0, 0.05) is 29.8 Å². The van der Waals surface area contributed by atoms with E-state index in [1.807, 2.05) is 18.2 Å². The van der Waals surface area contributed by atoms with E-state index in [0.29, 0.717) is 6.61 Å². The van der Waals surface area contributed by atoms with Crippen molar-refractivity contribution in [3.8, 4) is 5.75 Å². The molecule has 21 heavy (non-hydrogen) atoms. The van der Waals surface area contributed by atoms with Crippen LogP contribution in [-0.4, -0.2) is 20.5 Å². The second-order valence-electron chi connectivity index (χ2n) is 4.63. The zero-order valence-electron chi connectivity index (χ0n) is 12.7. The van der Waals surface area contributed by atoms with Crippen LogP contribution in [0.25, 0.3) is 0 Å². The molecule has 112 valence electrons. The third-order valence-corrected chi connectivity index (χ3v) is 4.01. The smallest absolute Gasteiger partial charge is 0.132 e. The van der Waals surface area contributed by atoms with Crippen LogP contribution >= 0.6 is 11.8 Å². The molecule has 2 rings (SSSR count). The molecule has 2 aromatic carbocycles. The van der Waals surface area contributed by atoms with Gasteiger partial charge in [0.25, 0.3) is 0 Å². The van der Waals surface area contributed by atoms with Gasteiger partial charge in [0.15, 0.2) is 0 Å². The molecule has 1 N–H and O–H groups in total. The van der Waals surface area contributed by atoms with E-state index in [2.05, 4.69) is 35.8 Å². The van der Waals surface area contributed by atoms with Gasteiger partial charge in [-0.25, -0.2) is 0 Å². The predicted octanol–water partition coefficient (Wildman–Crippen LogP) is 4.18. The zero-order chi connectivity index (χ0) is 15.1. The van der Waals surface area contributed by atoms with E-state index in [1.165, 1.54) is 11.1 Å². The average Bonchev–Trinajstić information content (AvgIpc) is 2.54. The summed E-state index contributed by atoms with van der Waals surface area (Å²) in [6, 6.07) is 14.5. The highest BCUT2D eigenvalue weighted by Gasteiger charge is 2.05. The molecule has 0 aliphatic rings. The minimum absolute atomic E-state index is 0.613. The van der Waals surface area contributed by atoms with Crippen molar-refractivity contribution in [2.75, 3.05) is 25.8 Å². The molecule has 0 unspecified atom stereocenters. The van der Waals surface area contributed by atoms with Crippen LogP contribution in [-0.2, 0) is 17.9 Å². The minimum Gasteiger partial charge on any atom is -0.496 e. The van der Waals surface area contributed by atoms with Crippen molar-refractivity contribution >= 4 is 17.4 Å². The van der Waals surface area contributed by atoms with Gasteiger partial charge in [0.2, 0.25) is 0 Å². The SMILES string of the molecule is COCc1ccccc1NCc1ccc(OC)c(SC)c1. The fraction of sp³-hybridized carbons (Fsp3) is 0.294. The zero-order valence-corrected chi connectivity index (χ0v) is 13.5. The summed E-state index contributed by atoms with van der Waals surface area (Å²) in [7, 11) is 3.42. The Morgan fingerprint density at radius 2 is 1.90 bits per heavy atom. The van der Waals surface area contributed by atoms with Gasteiger partial charge in [-0.1, -0.05) is 24.3 Å². The average molecular weight is 303 g/mol. The fourth-order valence-electron chi connectivity index (χ4n) is 2.16. The summed E-state index contributed by atoms with van der Waals surface area (Å²) < 4.78 is 10.6. The Hall–Kier alpha value is -1.65. The van der Waals surface area contributed by atoms with E-state index in [0.717, 1.165) is 22.9 Å². The Morgan fingerprint density at radius 3 is 2.62 bits per heavy atom. The van der Waals surface area contributed by atoms with Gasteiger partial charge in [0.1, 0.15) is 5.75 Å². The van der Waals surface area contributed by atoms with Crippen LogP contribution < -0.4 is 10.1 Å². The van der Waals surface area contributed by atoms with Crippen molar-refractivity contribution in [1.82, 2.24) is 0 Å². The molecule has 0 bridgehead atoms. The number of hydrogen-bond donors (Lipinski definition) is 1. The molecule has 0 aliphatic heterocycles. The highest BCUT2D eigenvalue weighted by molar-refractivity contribution is 7.98. The highest BCUT2D eigenvalue weighted by Crippen LogP contribution is 2.28. The van der Waals surface area contributed by atoms with Crippen molar-refractivity contribution in [3.63, 3.8) is 0 Å². The number of nitrogens with one attached hydrogen (secondary N) is 1. The van der Waals surface area contributed by atoms with Gasteiger partial charge in [0.05, 0.1) is 13.7 Å². The molecule has 4 heteroatoms. The van der Waals surface area contributed by atoms with Crippen LogP contribution in [0.5, 0.6) is 5.75 Å². The lowest BCUT2D eigenvalue weighted by Crippen LogP contribution is -2.03. The molecule has 0 radical (unpaired) electrons. The van der Waals surface area contributed by atoms with Crippen molar-refractivity contribution < 1.29 is 9.47 Å². The van der Waals surface area contributed by atoms with E-state index < -0.39 is 0 Å². The van der Waals surface area contributed by atoms with Gasteiger partial charge < -0.3 is 14.8 Å². The number of hydrogen-bond acceptors (Lipinski definition) is 4. The topological polar surface area (TPSA) is 30.5 Å². The third-order valence-electron chi connectivity index (χ3n) is 3.25. The van der Waals surface area contributed by atoms with Gasteiger partial charge in [-0.05, 0) is 30.0 Å². The summed E-state index contributed by atoms with van der Waals surface area (Å²) in [5.74, 6) is 0.922. The molecule has 0 saturated heterocycles. The predicted molar refractivity (Wildman–Crippen MR) is 89.3 cm³/mol. The molecule has 0 heterocycles. The molecule has 0 fully saturated rings. The summed E-state index contributed by atoms with van der Waals surface area (Å²) in [5, 5.41) is 3.47. The Labute approximate surface area is 130 Å². The number of benzene rings is 2. The number of para-hydroxylation sites is 1. The Morgan fingerprint density at radius 1 is 1.10 bits per heavy atom. The van der Waals surface area contributed by atoms with Gasteiger partial charge in [-0.15, -0.1) is 11.8 Å². The van der Waals surface area contributed by atoms with Gasteiger partial charge in [-0.2, -0.15) is 0 Å². The first-order valence-corrected chi connectivity index (χ1v) is 8.02. The quantitative estimate of drug-likeness (QED) is 0.777. The standard InChI is InChI=1S/C17H21NO2S/c1-19-12-14-6-4-5-7-15(14)18-11-13-8-9-16(20-2)17(10-13)21-3/h4-10,18H,11-12H2,1-3H3. The van der Waals surface area contributed by atoms with Crippen LogP contribution in [0.1, 0.15) is 11.1 Å². The Kier molecular flexibility index (Phi) is 5.96. The van der Waals surface area contributed by atoms with Crippen LogP contribution in [0, 0.1) is 0 Å². The summed E-state index contributed by atoms with van der Waals surface area (Å²) in [5.41, 5.74) is 3.51. The normalized spacial score (nSPS) is 10.4. The van der Waals surface area contributed by atoms with Crippen molar-refractivity contribution in [2.45, 2.75) is 18.0 Å². The summed E-state index contributed by atoms with van der Waals surface area (Å²) in [6.45, 7) is 1.39. The maximum Gasteiger partial charge on any atom is 0.132 e. The largest absolute Gasteiger partial charge is 0.496 e. The molecule has 0 aromatic heterocycles. The van der Waals surface area contributed by atoms with E-state index >= 15 is 0 Å². The maximum absolute atomic E-state index is 5.35. The molecule has 2 aromatic rings. The van der Waals surface area contributed by atoms with Gasteiger partial charge in [-0.3, -0.25) is 0 Å². The van der Waals surface area contributed by atoms with Crippen LogP contribution in [0.2, 0.25) is 0 Å². The lowest BCUT2D eigenvalue weighted by molar-refractivity contribution is 0.185. The third kappa shape index (κ3) is 4.16. The molecule has 0 amide bonds. The Bertz CT molecular complexity index is 587. The minimum atomic E-state index is 0.613.